The number of nitrogens with one attached hydrogen (secondary N) is 1. The number of hydrogen-bond acceptors (Lipinski definition) is 2. The highest BCUT2D eigenvalue weighted by Gasteiger charge is 2.05. The van der Waals surface area contributed by atoms with Gasteiger partial charge in [0.25, 0.3) is 0 Å². The summed E-state index contributed by atoms with van der Waals surface area (Å²) >= 11 is 0. The molecule has 1 rings (SSSR count). The van der Waals surface area contributed by atoms with Crippen LogP contribution in [-0.2, 0) is 7.05 Å². The van der Waals surface area contributed by atoms with Crippen molar-refractivity contribution in [1.29, 1.82) is 0 Å². The molecule has 0 radical (unpaired) electrons. The summed E-state index contributed by atoms with van der Waals surface area (Å²) in [6, 6.07) is 0. The molecule has 0 spiro atoms. The minimum Gasteiger partial charge on any atom is -0.316 e. The maximum absolute atomic E-state index is 4.24. The molecule has 0 unspecified atom stereocenters. The van der Waals surface area contributed by atoms with E-state index in [-0.39, 0.29) is 0 Å². The van der Waals surface area contributed by atoms with Gasteiger partial charge in [0.05, 0.1) is 6.20 Å². The van der Waals surface area contributed by atoms with Gasteiger partial charge >= 0.3 is 0 Å². The van der Waals surface area contributed by atoms with Gasteiger partial charge in [-0.05, 0) is 19.9 Å². The Morgan fingerprint density at radius 3 is 2.67 bits per heavy atom. The lowest BCUT2D eigenvalue weighted by atomic mass is 10.0. The highest BCUT2D eigenvalue weighted by atomic mass is 15.3. The molecule has 0 bridgehead atoms. The molecule has 15 heavy (non-hydrogen) atoms. The Morgan fingerprint density at radius 1 is 1.60 bits per heavy atom. The minimum atomic E-state index is 0.567. The Labute approximate surface area is 92.2 Å². The summed E-state index contributed by atoms with van der Waals surface area (Å²) in [7, 11) is 3.95. The number of nitrogens with zero attached hydrogens (tertiary/aromatic N) is 2. The molecule has 1 aromatic heterocycles. The fourth-order valence-electron chi connectivity index (χ4n) is 1.48. The average Bonchev–Trinajstić information content (AvgIpc) is 2.48. The van der Waals surface area contributed by atoms with E-state index >= 15 is 0 Å². The van der Waals surface area contributed by atoms with Crippen LogP contribution in [0.1, 0.15) is 25.1 Å². The van der Waals surface area contributed by atoms with Gasteiger partial charge in [-0.2, -0.15) is 5.10 Å². The third kappa shape index (κ3) is 2.93. The third-order valence-electron chi connectivity index (χ3n) is 2.74. The van der Waals surface area contributed by atoms with Gasteiger partial charge < -0.3 is 5.32 Å². The molecule has 0 aliphatic heterocycles. The van der Waals surface area contributed by atoms with Crippen LogP contribution in [0.5, 0.6) is 0 Å². The van der Waals surface area contributed by atoms with Crippen molar-refractivity contribution in [2.45, 2.75) is 20.8 Å². The fourth-order valence-corrected chi connectivity index (χ4v) is 1.48. The molecule has 84 valence electrons. The van der Waals surface area contributed by atoms with Crippen molar-refractivity contribution in [3.63, 3.8) is 0 Å². The quantitative estimate of drug-likeness (QED) is 0.818. The zero-order chi connectivity index (χ0) is 11.4. The van der Waals surface area contributed by atoms with Crippen LogP contribution >= 0.6 is 0 Å². The third-order valence-corrected chi connectivity index (χ3v) is 2.74. The smallest absolute Gasteiger partial charge is 0.0564 e. The van der Waals surface area contributed by atoms with Crippen LogP contribution < -0.4 is 5.32 Å². The Hall–Kier alpha value is -1.09. The first-order chi connectivity index (χ1) is 7.06. The molecule has 0 aliphatic rings. The van der Waals surface area contributed by atoms with Crippen LogP contribution in [0.3, 0.4) is 0 Å². The average molecular weight is 207 g/mol. The molecule has 0 aromatic carbocycles. The van der Waals surface area contributed by atoms with Gasteiger partial charge in [0.15, 0.2) is 0 Å². The van der Waals surface area contributed by atoms with Crippen molar-refractivity contribution in [2.24, 2.45) is 13.0 Å². The Kier molecular flexibility index (Phi) is 4.09. The molecule has 0 aliphatic carbocycles. The van der Waals surface area contributed by atoms with Crippen LogP contribution in [0.15, 0.2) is 11.8 Å². The predicted octanol–water partition coefficient (Wildman–Crippen LogP) is 1.99. The van der Waals surface area contributed by atoms with Crippen molar-refractivity contribution >= 4 is 6.08 Å². The van der Waals surface area contributed by atoms with E-state index in [9.17, 15) is 0 Å². The largest absolute Gasteiger partial charge is 0.316 e. The molecule has 0 saturated carbocycles. The van der Waals surface area contributed by atoms with Gasteiger partial charge in [0.1, 0.15) is 0 Å². The van der Waals surface area contributed by atoms with E-state index < -0.39 is 0 Å². The van der Waals surface area contributed by atoms with Crippen LogP contribution in [0.2, 0.25) is 0 Å². The van der Waals surface area contributed by atoms with Gasteiger partial charge in [-0.15, -0.1) is 0 Å². The summed E-state index contributed by atoms with van der Waals surface area (Å²) in [4.78, 5) is 0. The predicted molar refractivity (Wildman–Crippen MR) is 64.7 cm³/mol. The highest BCUT2D eigenvalue weighted by Crippen LogP contribution is 2.16. The maximum Gasteiger partial charge on any atom is 0.0564 e. The van der Waals surface area contributed by atoms with E-state index in [1.54, 1.807) is 0 Å². The first kappa shape index (κ1) is 12.0. The van der Waals surface area contributed by atoms with E-state index in [0.29, 0.717) is 5.92 Å². The number of aryl methyl sites for hydroxylation is 1. The molecule has 0 atom stereocenters. The van der Waals surface area contributed by atoms with Crippen LogP contribution in [0, 0.1) is 12.8 Å². The van der Waals surface area contributed by atoms with Crippen molar-refractivity contribution in [3.05, 3.63) is 23.0 Å². The Balaban J connectivity index is 2.96. The molecule has 3 heteroatoms. The lowest BCUT2D eigenvalue weighted by Gasteiger charge is -2.10. The van der Waals surface area contributed by atoms with E-state index in [2.05, 4.69) is 37.3 Å². The first-order valence-electron chi connectivity index (χ1n) is 5.40. The summed E-state index contributed by atoms with van der Waals surface area (Å²) in [5, 5.41) is 7.44. The van der Waals surface area contributed by atoms with Crippen LogP contribution in [0.4, 0.5) is 0 Å². The first-order valence-corrected chi connectivity index (χ1v) is 5.40. The molecule has 1 heterocycles. The summed E-state index contributed by atoms with van der Waals surface area (Å²) in [5.74, 6) is 0.567. The molecular formula is C12H21N3. The Bertz CT molecular complexity index is 348. The summed E-state index contributed by atoms with van der Waals surface area (Å²) in [6.07, 6.45) is 4.16. The van der Waals surface area contributed by atoms with Crippen molar-refractivity contribution < 1.29 is 0 Å². The van der Waals surface area contributed by atoms with E-state index in [4.69, 9.17) is 0 Å². The number of likely N-dealkylation sites (N-methyl/N-ethyl adjacent to an activating group) is 1. The Morgan fingerprint density at radius 2 is 2.27 bits per heavy atom. The summed E-state index contributed by atoms with van der Waals surface area (Å²) in [6.45, 7) is 7.46. The monoisotopic (exact) mass is 207 g/mol. The van der Waals surface area contributed by atoms with Crippen molar-refractivity contribution in [1.82, 2.24) is 15.1 Å². The highest BCUT2D eigenvalue weighted by molar-refractivity contribution is 5.55. The fraction of sp³-hybridized carbons (Fsp3) is 0.583. The number of rotatable bonds is 4. The van der Waals surface area contributed by atoms with Crippen LogP contribution in [0.25, 0.3) is 6.08 Å². The van der Waals surface area contributed by atoms with Gasteiger partial charge in [-0.25, -0.2) is 0 Å². The van der Waals surface area contributed by atoms with Gasteiger partial charge in [-0.1, -0.05) is 25.5 Å². The van der Waals surface area contributed by atoms with E-state index in [0.717, 1.165) is 6.54 Å². The lowest BCUT2D eigenvalue weighted by molar-refractivity contribution is 0.712. The SMILES string of the molecule is CNCC(=Cc1cnn(C)c1C)C(C)C. The lowest BCUT2D eigenvalue weighted by Crippen LogP contribution is -2.13. The summed E-state index contributed by atoms with van der Waals surface area (Å²) in [5.41, 5.74) is 3.84. The van der Waals surface area contributed by atoms with E-state index in [1.807, 2.05) is 25.0 Å². The number of aromatic nitrogens is 2. The second kappa shape index (κ2) is 5.12. The molecule has 0 fully saturated rings. The number of hydrogen-bond donors (Lipinski definition) is 1. The second-order valence-electron chi connectivity index (χ2n) is 4.21. The zero-order valence-corrected chi connectivity index (χ0v) is 10.3. The zero-order valence-electron chi connectivity index (χ0n) is 10.3. The normalized spacial score (nSPS) is 12.5. The topological polar surface area (TPSA) is 29.9 Å². The maximum atomic E-state index is 4.24. The standard InChI is InChI=1S/C12H21N3/c1-9(2)11(7-13-4)6-12-8-14-15(5)10(12)3/h6,8-9,13H,7H2,1-5H3. The molecule has 1 aromatic rings. The van der Waals surface area contributed by atoms with Gasteiger partial charge in [-0.3, -0.25) is 4.68 Å². The van der Waals surface area contributed by atoms with Crippen LogP contribution in [-0.4, -0.2) is 23.4 Å². The molecular weight excluding hydrogens is 186 g/mol. The van der Waals surface area contributed by atoms with Gasteiger partial charge in [0, 0.05) is 24.8 Å². The van der Waals surface area contributed by atoms with E-state index in [1.165, 1.54) is 16.8 Å². The second-order valence-corrected chi connectivity index (χ2v) is 4.21. The molecule has 3 nitrogen and oxygen atoms in total. The molecule has 0 saturated heterocycles. The van der Waals surface area contributed by atoms with Gasteiger partial charge in [0.2, 0.25) is 0 Å². The van der Waals surface area contributed by atoms with Crippen molar-refractivity contribution in [3.8, 4) is 0 Å². The minimum absolute atomic E-state index is 0.567. The molecule has 1 N–H and O–H groups in total. The summed E-state index contributed by atoms with van der Waals surface area (Å²) < 4.78 is 1.91. The van der Waals surface area contributed by atoms with Crippen molar-refractivity contribution in [2.75, 3.05) is 13.6 Å². The molecule has 0 amide bonds.